The first kappa shape index (κ1) is 73.9. The number of benzene rings is 6. The van der Waals surface area contributed by atoms with Gasteiger partial charge in [0.2, 0.25) is 33.7 Å². The predicted molar refractivity (Wildman–Crippen MR) is 379 cm³/mol. The lowest BCUT2D eigenvalue weighted by Crippen LogP contribution is -2.61. The molecule has 26 heteroatoms. The molecule has 7 atom stereocenters. The molecule has 1 saturated carbocycles. The van der Waals surface area contributed by atoms with Crippen LogP contribution in [0.2, 0.25) is 0 Å². The van der Waals surface area contributed by atoms with Gasteiger partial charge < -0.3 is 49.9 Å². The number of fused-ring (bicyclic) bond motifs is 4. The second kappa shape index (κ2) is 31.8. The van der Waals surface area contributed by atoms with Gasteiger partial charge in [-0.3, -0.25) is 33.6 Å². The summed E-state index contributed by atoms with van der Waals surface area (Å²) in [6, 6.07) is 33.8. The number of carbonyl (C=O) groups excluding carboxylic acids is 8. The SMILES string of the molecule is C#CCOc1ccc(C[C@H](NC(=O)[C@H](Cc2ccc3ccccc3c2)NC(=O)[C@@H]2C[C@H](n3cc(COc4ccc(CC(NC(=O)OCC5c6ccccc6-c6ccccc65)C(=O)OC)cc4)nn3)CN2C(=O)[C@@H](NC(=O)[C@H](C)N(C)C(=O)OC(C)(C)C)C(C)(C)C)C(=O)NS(=O)(=O)C2CC2)cc1. The molecule has 2 aliphatic carbocycles. The fraction of sp³-hybridized carbons (Fsp3) is 0.395. The summed E-state index contributed by atoms with van der Waals surface area (Å²) >= 11 is 0. The van der Waals surface area contributed by atoms with Crippen LogP contribution in [0, 0.1) is 17.8 Å². The van der Waals surface area contributed by atoms with Gasteiger partial charge in [0.15, 0.2) is 0 Å². The van der Waals surface area contributed by atoms with E-state index in [1.165, 1.54) is 30.7 Å². The minimum absolute atomic E-state index is 0.00317. The Morgan fingerprint density at radius 2 is 1.26 bits per heavy atom. The van der Waals surface area contributed by atoms with Crippen LogP contribution in [0.3, 0.4) is 0 Å². The van der Waals surface area contributed by atoms with E-state index in [9.17, 15) is 32.4 Å². The molecule has 2 fully saturated rings. The molecule has 6 aromatic carbocycles. The van der Waals surface area contributed by atoms with E-state index in [2.05, 4.69) is 42.2 Å². The lowest BCUT2D eigenvalue weighted by atomic mass is 9.85. The molecule has 1 unspecified atom stereocenters. The maximum absolute atomic E-state index is 15.5. The molecule has 536 valence electrons. The number of rotatable bonds is 27. The molecule has 7 aromatic rings. The fourth-order valence-electron chi connectivity index (χ4n) is 12.3. The molecule has 7 amide bonds. The molecule has 1 aliphatic heterocycles. The minimum atomic E-state index is -4.11. The maximum atomic E-state index is 15.5. The van der Waals surface area contributed by atoms with E-state index >= 15 is 14.4 Å². The molecule has 3 aliphatic rings. The number of alkyl carbamates (subject to hydrolysis) is 1. The number of hydrogen-bond acceptors (Lipinski definition) is 17. The normalized spacial score (nSPS) is 16.5. The average molecular weight is 1410 g/mol. The van der Waals surface area contributed by atoms with Gasteiger partial charge >= 0.3 is 18.2 Å². The number of nitrogens with one attached hydrogen (secondary N) is 5. The third-order valence-electron chi connectivity index (χ3n) is 18.1. The van der Waals surface area contributed by atoms with Crippen LogP contribution in [0.1, 0.15) is 113 Å². The van der Waals surface area contributed by atoms with Gasteiger partial charge in [-0.05, 0) is 120 Å². The van der Waals surface area contributed by atoms with Crippen molar-refractivity contribution in [2.75, 3.05) is 33.9 Å². The number of carbonyl (C=O) groups is 8. The number of sulfonamides is 1. The smallest absolute Gasteiger partial charge is 0.410 e. The molecule has 0 spiro atoms. The number of hydrogen-bond donors (Lipinski definition) is 5. The number of aromatic nitrogens is 3. The summed E-state index contributed by atoms with van der Waals surface area (Å²) in [7, 11) is -1.48. The molecule has 10 rings (SSSR count). The van der Waals surface area contributed by atoms with E-state index < -0.39 is 116 Å². The van der Waals surface area contributed by atoms with Crippen LogP contribution in [0.5, 0.6) is 11.5 Å². The Bertz CT molecular complexity index is 4360. The molecule has 1 saturated heterocycles. The van der Waals surface area contributed by atoms with Gasteiger partial charge in [0.1, 0.15) is 78.9 Å². The first-order valence-corrected chi connectivity index (χ1v) is 35.3. The number of ether oxygens (including phenoxy) is 5. The fourth-order valence-corrected chi connectivity index (χ4v) is 13.7. The van der Waals surface area contributed by atoms with Crippen LogP contribution in [-0.2, 0) is 78.9 Å². The Morgan fingerprint density at radius 3 is 1.87 bits per heavy atom. The van der Waals surface area contributed by atoms with E-state index in [1.54, 1.807) is 102 Å². The van der Waals surface area contributed by atoms with E-state index in [4.69, 9.17) is 30.1 Å². The van der Waals surface area contributed by atoms with E-state index in [1.807, 2.05) is 84.9 Å². The third kappa shape index (κ3) is 18.6. The zero-order chi connectivity index (χ0) is 73.2. The molecule has 2 heterocycles. The molecule has 0 bridgehead atoms. The van der Waals surface area contributed by atoms with E-state index in [-0.39, 0.29) is 58.0 Å². The molecular weight excluding hydrogens is 1320 g/mol. The highest BCUT2D eigenvalue weighted by molar-refractivity contribution is 7.91. The summed E-state index contributed by atoms with van der Waals surface area (Å²) in [5.74, 6) is -1.63. The third-order valence-corrected chi connectivity index (χ3v) is 20.0. The van der Waals surface area contributed by atoms with E-state index in [0.717, 1.165) is 37.9 Å². The Morgan fingerprint density at radius 1 is 0.686 bits per heavy atom. The topological polar surface area (TPSA) is 314 Å². The van der Waals surface area contributed by atoms with Crippen molar-refractivity contribution in [2.24, 2.45) is 5.41 Å². The Balaban J connectivity index is 0.877. The summed E-state index contributed by atoms with van der Waals surface area (Å²) in [5, 5.41) is 21.0. The van der Waals surface area contributed by atoms with Crippen molar-refractivity contribution in [1.82, 2.24) is 50.8 Å². The Labute approximate surface area is 593 Å². The van der Waals surface area contributed by atoms with Crippen molar-refractivity contribution in [1.29, 1.82) is 0 Å². The molecular formula is C76H86N10O15S. The summed E-state index contributed by atoms with van der Waals surface area (Å²) in [4.78, 5) is 117. The summed E-state index contributed by atoms with van der Waals surface area (Å²) < 4.78 is 58.3. The number of methoxy groups -OCH3 is 1. The van der Waals surface area contributed by atoms with Gasteiger partial charge in [0, 0.05) is 45.2 Å². The van der Waals surface area contributed by atoms with Crippen LogP contribution in [0.25, 0.3) is 21.9 Å². The second-order valence-electron chi connectivity index (χ2n) is 27.9. The van der Waals surface area contributed by atoms with Gasteiger partial charge in [-0.1, -0.05) is 147 Å². The number of likely N-dealkylation sites (tertiary alicyclic amines) is 1. The van der Waals surface area contributed by atoms with Gasteiger partial charge in [-0.2, -0.15) is 0 Å². The first-order valence-electron chi connectivity index (χ1n) is 33.7. The number of likely N-dealkylation sites (N-methyl/N-ethyl adjacent to an activating group) is 1. The predicted octanol–water partition coefficient (Wildman–Crippen LogP) is 7.64. The highest BCUT2D eigenvalue weighted by atomic mass is 32.2. The van der Waals surface area contributed by atoms with Crippen molar-refractivity contribution in [3.05, 3.63) is 179 Å². The Kier molecular flexibility index (Phi) is 23.0. The number of terminal acetylenes is 1. The summed E-state index contributed by atoms with van der Waals surface area (Å²) in [6.45, 7) is 11.5. The van der Waals surface area contributed by atoms with E-state index in [0.29, 0.717) is 46.7 Å². The molecule has 102 heavy (non-hydrogen) atoms. The number of esters is 1. The van der Waals surface area contributed by atoms with Crippen LogP contribution in [0.4, 0.5) is 9.59 Å². The molecule has 0 radical (unpaired) electrons. The van der Waals surface area contributed by atoms with Crippen molar-refractivity contribution in [3.63, 3.8) is 0 Å². The van der Waals surface area contributed by atoms with Gasteiger partial charge in [0.05, 0.1) is 24.6 Å². The van der Waals surface area contributed by atoms with Gasteiger partial charge in [-0.25, -0.2) is 27.5 Å². The van der Waals surface area contributed by atoms with Crippen molar-refractivity contribution in [2.45, 2.75) is 153 Å². The number of nitrogens with zero attached hydrogens (tertiary/aromatic N) is 5. The quantitative estimate of drug-likeness (QED) is 0.0188. The van der Waals surface area contributed by atoms with Gasteiger partial charge in [-0.15, -0.1) is 11.5 Å². The zero-order valence-corrected chi connectivity index (χ0v) is 59.3. The maximum Gasteiger partial charge on any atom is 0.410 e. The van der Waals surface area contributed by atoms with Crippen LogP contribution >= 0.6 is 0 Å². The molecule has 5 N–H and O–H groups in total. The second-order valence-corrected chi connectivity index (χ2v) is 29.9. The van der Waals surface area contributed by atoms with Gasteiger partial charge in [0.25, 0.3) is 5.91 Å². The average Bonchev–Trinajstić information content (AvgIpc) is 1.63. The zero-order valence-electron chi connectivity index (χ0n) is 58.5. The molecule has 1 aromatic heterocycles. The Hall–Kier alpha value is -10.8. The monoisotopic (exact) mass is 1410 g/mol. The summed E-state index contributed by atoms with van der Waals surface area (Å²) in [6.07, 6.45) is 5.79. The highest BCUT2D eigenvalue weighted by Gasteiger charge is 2.48. The van der Waals surface area contributed by atoms with Crippen LogP contribution in [0.15, 0.2) is 146 Å². The van der Waals surface area contributed by atoms with Crippen molar-refractivity contribution >= 4 is 68.5 Å². The molecule has 25 nitrogen and oxygen atoms in total. The van der Waals surface area contributed by atoms with Crippen molar-refractivity contribution < 1.29 is 70.5 Å². The highest BCUT2D eigenvalue weighted by Crippen LogP contribution is 2.45. The largest absolute Gasteiger partial charge is 0.487 e. The number of amides is 7. The minimum Gasteiger partial charge on any atom is -0.487 e. The standard InChI is InChI=1S/C76H86N10O15S/c1-11-36-98-54-30-25-47(26-31-54)38-63(69(89)82-102(95,96)56-34-35-56)77-68(88)62(40-49-24-29-50-18-12-13-19-51(50)37-49)78-70(90)65-41-53(43-85(65)71(91)66(75(3,4)5)80-67(87)46(2)84(9)74(94)101-76(6,7)8)86-42-52(81-83-86)44-99-55-32-27-48(28-33-55)39-64(72(92)97-10)79-73(93)100-45-61-59-22-16-14-20-57(59)58-21-15-17-23-60(58)61/h1,12-33,37,42,46,53,56,61-66H,34-36,38-41,43-45H2,2-10H3,(H,77,88)(H,78,90)(H,79,93)(H,80,87)(H,82,89)/t46-,53-,62-,63-,64?,65-,66+/m0/s1. The lowest BCUT2D eigenvalue weighted by molar-refractivity contribution is -0.145. The summed E-state index contributed by atoms with van der Waals surface area (Å²) in [5.41, 5.74) is 4.47. The van der Waals surface area contributed by atoms with Crippen molar-refractivity contribution in [3.8, 4) is 35.0 Å². The lowest BCUT2D eigenvalue weighted by Gasteiger charge is -2.37. The first-order chi connectivity index (χ1) is 48.6. The van der Waals surface area contributed by atoms with Crippen LogP contribution < -0.4 is 35.5 Å². The van der Waals surface area contributed by atoms with Crippen LogP contribution in [-0.4, -0.2) is 162 Å².